The molecular formula is C14H17NO3S. The normalized spacial score (nSPS) is 16.8. The molecule has 1 aliphatic heterocycles. The van der Waals surface area contributed by atoms with Crippen molar-refractivity contribution in [2.24, 2.45) is 0 Å². The van der Waals surface area contributed by atoms with Crippen LogP contribution in [0.4, 0.5) is 0 Å². The molecule has 4 nitrogen and oxygen atoms in total. The van der Waals surface area contributed by atoms with E-state index in [1.54, 1.807) is 25.7 Å². The lowest BCUT2D eigenvalue weighted by molar-refractivity contribution is -0.147. The monoisotopic (exact) mass is 279 g/mol. The van der Waals surface area contributed by atoms with Crippen molar-refractivity contribution in [1.82, 2.24) is 4.90 Å². The first-order chi connectivity index (χ1) is 9.11. The highest BCUT2D eigenvalue weighted by atomic mass is 32.2. The van der Waals surface area contributed by atoms with Gasteiger partial charge < -0.3 is 9.64 Å². The first kappa shape index (κ1) is 13.9. The van der Waals surface area contributed by atoms with E-state index in [1.165, 1.54) is 10.5 Å². The van der Waals surface area contributed by atoms with Gasteiger partial charge in [-0.3, -0.25) is 9.59 Å². The van der Waals surface area contributed by atoms with Crippen LogP contribution in [0.25, 0.3) is 0 Å². The van der Waals surface area contributed by atoms with Gasteiger partial charge >= 0.3 is 5.97 Å². The SMILES string of the molecule is CCOC(=O)CN(C)C(=O)C1Cc2ccccc2S1. The van der Waals surface area contributed by atoms with Crippen LogP contribution in [0.5, 0.6) is 0 Å². The molecule has 1 aromatic rings. The second kappa shape index (κ2) is 6.10. The molecule has 0 N–H and O–H groups in total. The number of carbonyl (C=O) groups is 2. The van der Waals surface area contributed by atoms with Crippen molar-refractivity contribution in [3.63, 3.8) is 0 Å². The van der Waals surface area contributed by atoms with E-state index < -0.39 is 0 Å². The summed E-state index contributed by atoms with van der Waals surface area (Å²) < 4.78 is 4.85. The van der Waals surface area contributed by atoms with E-state index in [1.807, 2.05) is 24.3 Å². The number of rotatable bonds is 4. The topological polar surface area (TPSA) is 46.6 Å². The minimum Gasteiger partial charge on any atom is -0.465 e. The second-order valence-corrected chi connectivity index (χ2v) is 5.66. The standard InChI is InChI=1S/C14H17NO3S/c1-3-18-13(16)9-15(2)14(17)12-8-10-6-4-5-7-11(10)19-12/h4-7,12H,3,8-9H2,1-2H3. The first-order valence-electron chi connectivity index (χ1n) is 6.27. The molecule has 1 amide bonds. The number of nitrogens with zero attached hydrogens (tertiary/aromatic N) is 1. The third kappa shape index (κ3) is 3.29. The number of thioether (sulfide) groups is 1. The van der Waals surface area contributed by atoms with Crippen molar-refractivity contribution >= 4 is 23.6 Å². The lowest BCUT2D eigenvalue weighted by atomic mass is 10.1. The molecule has 1 aliphatic rings. The van der Waals surface area contributed by atoms with Crippen LogP contribution in [0, 0.1) is 0 Å². The summed E-state index contributed by atoms with van der Waals surface area (Å²) in [6.45, 7) is 2.10. The summed E-state index contributed by atoms with van der Waals surface area (Å²) >= 11 is 1.57. The number of hydrogen-bond acceptors (Lipinski definition) is 4. The third-order valence-corrected chi connectivity index (χ3v) is 4.28. The van der Waals surface area contributed by atoms with Crippen molar-refractivity contribution in [2.45, 2.75) is 23.5 Å². The summed E-state index contributed by atoms with van der Waals surface area (Å²) in [5.41, 5.74) is 1.20. The molecule has 1 unspecified atom stereocenters. The van der Waals surface area contributed by atoms with Crippen LogP contribution in [-0.2, 0) is 20.7 Å². The number of ether oxygens (including phenoxy) is 1. The Hall–Kier alpha value is -1.49. The van der Waals surface area contributed by atoms with E-state index in [2.05, 4.69) is 0 Å². The van der Waals surface area contributed by atoms with Gasteiger partial charge in [0.25, 0.3) is 0 Å². The Labute approximate surface area is 117 Å². The van der Waals surface area contributed by atoms with Gasteiger partial charge in [0.2, 0.25) is 5.91 Å². The zero-order valence-corrected chi connectivity index (χ0v) is 11.9. The lowest BCUT2D eigenvalue weighted by Crippen LogP contribution is -2.38. The Morgan fingerprint density at radius 1 is 1.42 bits per heavy atom. The Bertz CT molecular complexity index is 464. The summed E-state index contributed by atoms with van der Waals surface area (Å²) in [4.78, 5) is 26.2. The smallest absolute Gasteiger partial charge is 0.325 e. The molecule has 102 valence electrons. The molecule has 0 saturated carbocycles. The fourth-order valence-electron chi connectivity index (χ4n) is 2.04. The predicted octanol–water partition coefficient (Wildman–Crippen LogP) is 1.72. The summed E-state index contributed by atoms with van der Waals surface area (Å²) in [5.74, 6) is -0.381. The Morgan fingerprint density at radius 3 is 2.84 bits per heavy atom. The van der Waals surface area contributed by atoms with Gasteiger partial charge in [0, 0.05) is 11.9 Å². The molecule has 0 aliphatic carbocycles. The summed E-state index contributed by atoms with van der Waals surface area (Å²) in [6, 6.07) is 8.02. The largest absolute Gasteiger partial charge is 0.465 e. The Morgan fingerprint density at radius 2 is 2.16 bits per heavy atom. The number of likely N-dealkylation sites (N-methyl/N-ethyl adjacent to an activating group) is 1. The first-order valence-corrected chi connectivity index (χ1v) is 7.15. The van der Waals surface area contributed by atoms with Gasteiger partial charge in [-0.15, -0.1) is 11.8 Å². The fraction of sp³-hybridized carbons (Fsp3) is 0.429. The van der Waals surface area contributed by atoms with Gasteiger partial charge in [0.15, 0.2) is 0 Å². The summed E-state index contributed by atoms with van der Waals surface area (Å²) in [5, 5.41) is -0.128. The average molecular weight is 279 g/mol. The van der Waals surface area contributed by atoms with Crippen molar-refractivity contribution in [3.05, 3.63) is 29.8 Å². The maximum atomic E-state index is 12.3. The highest BCUT2D eigenvalue weighted by Gasteiger charge is 2.30. The molecule has 1 atom stereocenters. The van der Waals surface area contributed by atoms with E-state index in [-0.39, 0.29) is 23.7 Å². The number of benzene rings is 1. The van der Waals surface area contributed by atoms with Crippen LogP contribution >= 0.6 is 11.8 Å². The molecule has 0 radical (unpaired) electrons. The van der Waals surface area contributed by atoms with Gasteiger partial charge in [-0.25, -0.2) is 0 Å². The van der Waals surface area contributed by atoms with Crippen molar-refractivity contribution < 1.29 is 14.3 Å². The zero-order valence-electron chi connectivity index (χ0n) is 11.1. The average Bonchev–Trinajstić information content (AvgIpc) is 2.81. The van der Waals surface area contributed by atoms with Gasteiger partial charge in [-0.2, -0.15) is 0 Å². The molecule has 1 heterocycles. The Balaban J connectivity index is 1.93. The maximum absolute atomic E-state index is 12.3. The van der Waals surface area contributed by atoms with Crippen molar-refractivity contribution in [1.29, 1.82) is 0 Å². The minimum atomic E-state index is -0.362. The molecule has 0 spiro atoms. The molecule has 2 rings (SSSR count). The number of fused-ring (bicyclic) bond motifs is 1. The van der Waals surface area contributed by atoms with Crippen LogP contribution in [-0.4, -0.2) is 42.2 Å². The summed E-state index contributed by atoms with van der Waals surface area (Å²) in [6.07, 6.45) is 0.729. The van der Waals surface area contributed by atoms with Crippen molar-refractivity contribution in [3.8, 4) is 0 Å². The summed E-state index contributed by atoms with van der Waals surface area (Å²) in [7, 11) is 1.64. The molecular weight excluding hydrogens is 262 g/mol. The second-order valence-electron chi connectivity index (χ2n) is 4.42. The number of amides is 1. The van der Waals surface area contributed by atoms with Crippen LogP contribution < -0.4 is 0 Å². The lowest BCUT2D eigenvalue weighted by Gasteiger charge is -2.19. The fourth-order valence-corrected chi connectivity index (χ4v) is 3.35. The van der Waals surface area contributed by atoms with Gasteiger partial charge in [0.05, 0.1) is 11.9 Å². The van der Waals surface area contributed by atoms with E-state index in [9.17, 15) is 9.59 Å². The van der Waals surface area contributed by atoms with E-state index in [0.29, 0.717) is 6.61 Å². The van der Waals surface area contributed by atoms with E-state index >= 15 is 0 Å². The molecule has 1 aromatic carbocycles. The van der Waals surface area contributed by atoms with Crippen LogP contribution in [0.2, 0.25) is 0 Å². The third-order valence-electron chi connectivity index (χ3n) is 2.97. The molecule has 0 saturated heterocycles. The van der Waals surface area contributed by atoms with Gasteiger partial charge in [-0.05, 0) is 25.0 Å². The van der Waals surface area contributed by atoms with Crippen molar-refractivity contribution in [2.75, 3.05) is 20.2 Å². The van der Waals surface area contributed by atoms with Crippen LogP contribution in [0.15, 0.2) is 29.2 Å². The highest BCUT2D eigenvalue weighted by Crippen LogP contribution is 2.37. The number of hydrogen-bond donors (Lipinski definition) is 0. The zero-order chi connectivity index (χ0) is 13.8. The molecule has 0 bridgehead atoms. The molecule has 0 fully saturated rings. The minimum absolute atomic E-state index is 0.0140. The number of esters is 1. The van der Waals surface area contributed by atoms with Crippen LogP contribution in [0.3, 0.4) is 0 Å². The highest BCUT2D eigenvalue weighted by molar-refractivity contribution is 8.01. The van der Waals surface area contributed by atoms with E-state index in [4.69, 9.17) is 4.74 Å². The molecule has 19 heavy (non-hydrogen) atoms. The maximum Gasteiger partial charge on any atom is 0.325 e. The molecule has 0 aromatic heterocycles. The predicted molar refractivity (Wildman–Crippen MR) is 74.1 cm³/mol. The van der Waals surface area contributed by atoms with Gasteiger partial charge in [0.1, 0.15) is 6.54 Å². The van der Waals surface area contributed by atoms with E-state index in [0.717, 1.165) is 11.3 Å². The van der Waals surface area contributed by atoms with Crippen LogP contribution in [0.1, 0.15) is 12.5 Å². The Kier molecular flexibility index (Phi) is 4.47. The molecule has 5 heteroatoms. The number of carbonyl (C=O) groups excluding carboxylic acids is 2. The quantitative estimate of drug-likeness (QED) is 0.787. The van der Waals surface area contributed by atoms with Gasteiger partial charge in [-0.1, -0.05) is 18.2 Å².